The Balaban J connectivity index is 1.96. The predicted molar refractivity (Wildman–Crippen MR) is 70.5 cm³/mol. The number of hydrogen-bond acceptors (Lipinski definition) is 3. The van der Waals surface area contributed by atoms with Gasteiger partial charge in [0.2, 0.25) is 5.91 Å². The maximum Gasteiger partial charge on any atom is 0.320 e. The molecule has 1 aromatic heterocycles. The minimum Gasteiger partial charge on any atom is -0.368 e. The van der Waals surface area contributed by atoms with E-state index in [2.05, 4.69) is 15.7 Å². The van der Waals surface area contributed by atoms with Crippen LogP contribution in [0.2, 0.25) is 0 Å². The van der Waals surface area contributed by atoms with Gasteiger partial charge in [0.15, 0.2) is 0 Å². The second kappa shape index (κ2) is 4.25. The maximum absolute atomic E-state index is 11.8. The molecule has 1 saturated carbocycles. The van der Waals surface area contributed by atoms with Crippen molar-refractivity contribution >= 4 is 17.6 Å². The van der Waals surface area contributed by atoms with Crippen molar-refractivity contribution < 1.29 is 9.59 Å². The number of rotatable bonds is 3. The first-order valence-electron chi connectivity index (χ1n) is 6.17. The molecule has 1 heterocycles. The van der Waals surface area contributed by atoms with Crippen LogP contribution in [0.5, 0.6) is 0 Å². The van der Waals surface area contributed by atoms with Crippen molar-refractivity contribution in [3.05, 3.63) is 12.4 Å². The molecule has 1 fully saturated rings. The van der Waals surface area contributed by atoms with Crippen LogP contribution in [0, 0.1) is 0 Å². The van der Waals surface area contributed by atoms with Crippen molar-refractivity contribution in [1.29, 1.82) is 0 Å². The average molecular weight is 265 g/mol. The number of primary amides is 1. The van der Waals surface area contributed by atoms with Crippen molar-refractivity contribution in [2.24, 2.45) is 5.73 Å². The summed E-state index contributed by atoms with van der Waals surface area (Å²) >= 11 is 0. The van der Waals surface area contributed by atoms with E-state index in [0.29, 0.717) is 18.5 Å². The van der Waals surface area contributed by atoms with Gasteiger partial charge in [-0.05, 0) is 33.6 Å². The minimum absolute atomic E-state index is 0.151. The van der Waals surface area contributed by atoms with Crippen LogP contribution in [-0.4, -0.2) is 27.3 Å². The number of nitrogens with two attached hydrogens (primary N) is 1. The van der Waals surface area contributed by atoms with Gasteiger partial charge in [-0.1, -0.05) is 0 Å². The van der Waals surface area contributed by atoms with Gasteiger partial charge in [-0.25, -0.2) is 4.79 Å². The van der Waals surface area contributed by atoms with Crippen LogP contribution >= 0.6 is 0 Å². The van der Waals surface area contributed by atoms with E-state index in [4.69, 9.17) is 5.73 Å². The first-order valence-corrected chi connectivity index (χ1v) is 6.17. The molecule has 0 atom stereocenters. The third kappa shape index (κ3) is 2.86. The van der Waals surface area contributed by atoms with Gasteiger partial charge in [0.25, 0.3) is 0 Å². The molecule has 7 nitrogen and oxygen atoms in total. The zero-order chi connectivity index (χ0) is 14.3. The molecule has 3 amide bonds. The van der Waals surface area contributed by atoms with Crippen molar-refractivity contribution in [1.82, 2.24) is 15.1 Å². The number of carbonyl (C=O) groups is 2. The lowest BCUT2D eigenvalue weighted by molar-refractivity contribution is -0.120. The topological polar surface area (TPSA) is 102 Å². The summed E-state index contributed by atoms with van der Waals surface area (Å²) in [5.74, 6) is -0.493. The highest BCUT2D eigenvalue weighted by atomic mass is 16.2. The van der Waals surface area contributed by atoms with Crippen molar-refractivity contribution in [3.8, 4) is 0 Å². The summed E-state index contributed by atoms with van der Waals surface area (Å²) < 4.78 is 1.75. The monoisotopic (exact) mass is 265 g/mol. The fraction of sp³-hybridized carbons (Fsp3) is 0.583. The molecule has 0 bridgehead atoms. The maximum atomic E-state index is 11.8. The average Bonchev–Trinajstić information content (AvgIpc) is 2.87. The van der Waals surface area contributed by atoms with E-state index in [1.54, 1.807) is 17.1 Å². The number of nitrogens with zero attached hydrogens (tertiary/aromatic N) is 2. The molecule has 0 aliphatic heterocycles. The van der Waals surface area contributed by atoms with Gasteiger partial charge in [0.05, 0.1) is 17.4 Å². The molecule has 0 spiro atoms. The Kier molecular flexibility index (Phi) is 3.00. The summed E-state index contributed by atoms with van der Waals surface area (Å²) in [6.07, 6.45) is 4.49. The quantitative estimate of drug-likeness (QED) is 0.752. The van der Waals surface area contributed by atoms with Gasteiger partial charge in [0.1, 0.15) is 5.54 Å². The molecule has 1 aromatic rings. The summed E-state index contributed by atoms with van der Waals surface area (Å²) in [6.45, 7) is 6.03. The third-order valence-electron chi connectivity index (χ3n) is 3.10. The fourth-order valence-corrected chi connectivity index (χ4v) is 1.69. The summed E-state index contributed by atoms with van der Waals surface area (Å²) in [4.78, 5) is 22.9. The molecule has 0 radical (unpaired) electrons. The van der Waals surface area contributed by atoms with E-state index in [-0.39, 0.29) is 5.54 Å². The highest BCUT2D eigenvalue weighted by molar-refractivity contribution is 5.97. The third-order valence-corrected chi connectivity index (χ3v) is 3.10. The van der Waals surface area contributed by atoms with Crippen LogP contribution in [0.15, 0.2) is 12.4 Å². The normalized spacial score (nSPS) is 16.8. The molecule has 19 heavy (non-hydrogen) atoms. The molecule has 0 aromatic carbocycles. The standard InChI is InChI=1S/C12H19N5O2/c1-11(2,3)17-7-8(6-14-17)15-10(19)16-12(4-5-12)9(13)18/h6-7H,4-5H2,1-3H3,(H2,13,18)(H2,15,16,19). The van der Waals surface area contributed by atoms with Crippen LogP contribution in [0.4, 0.5) is 10.5 Å². The van der Waals surface area contributed by atoms with Crippen LogP contribution in [0.1, 0.15) is 33.6 Å². The Morgan fingerprint density at radius 3 is 2.47 bits per heavy atom. The van der Waals surface area contributed by atoms with Gasteiger partial charge in [0, 0.05) is 6.20 Å². The number of anilines is 1. The molecule has 104 valence electrons. The van der Waals surface area contributed by atoms with Gasteiger partial charge < -0.3 is 16.4 Å². The van der Waals surface area contributed by atoms with Gasteiger partial charge in [-0.3, -0.25) is 9.48 Å². The number of amides is 3. The van der Waals surface area contributed by atoms with Crippen molar-refractivity contribution in [3.63, 3.8) is 0 Å². The second-order valence-electron chi connectivity index (χ2n) is 5.87. The SMILES string of the molecule is CC(C)(C)n1cc(NC(=O)NC2(C(N)=O)CC2)cn1. The van der Waals surface area contributed by atoms with E-state index in [1.807, 2.05) is 20.8 Å². The smallest absolute Gasteiger partial charge is 0.320 e. The molecule has 1 aliphatic carbocycles. The van der Waals surface area contributed by atoms with Gasteiger partial charge >= 0.3 is 6.03 Å². The predicted octanol–water partition coefficient (Wildman–Crippen LogP) is 0.777. The van der Waals surface area contributed by atoms with Crippen LogP contribution in [-0.2, 0) is 10.3 Å². The molecule has 0 saturated heterocycles. The Morgan fingerprint density at radius 2 is 2.05 bits per heavy atom. The van der Waals surface area contributed by atoms with E-state index in [9.17, 15) is 9.59 Å². The first-order chi connectivity index (χ1) is 8.73. The Labute approximate surface area is 111 Å². The summed E-state index contributed by atoms with van der Waals surface area (Å²) in [5, 5.41) is 9.42. The van der Waals surface area contributed by atoms with Crippen molar-refractivity contribution in [2.45, 2.75) is 44.7 Å². The molecular formula is C12H19N5O2. The molecule has 0 unspecified atom stereocenters. The largest absolute Gasteiger partial charge is 0.368 e. The number of hydrogen-bond donors (Lipinski definition) is 3. The molecule has 1 aliphatic rings. The van der Waals surface area contributed by atoms with E-state index >= 15 is 0 Å². The zero-order valence-electron chi connectivity index (χ0n) is 11.4. The summed E-state index contributed by atoms with van der Waals surface area (Å²) in [7, 11) is 0. The first kappa shape index (κ1) is 13.4. The highest BCUT2D eigenvalue weighted by Gasteiger charge is 2.49. The highest BCUT2D eigenvalue weighted by Crippen LogP contribution is 2.34. The lowest BCUT2D eigenvalue weighted by Crippen LogP contribution is -2.48. The lowest BCUT2D eigenvalue weighted by Gasteiger charge is -2.18. The lowest BCUT2D eigenvalue weighted by atomic mass is 10.1. The number of nitrogens with one attached hydrogen (secondary N) is 2. The fourth-order valence-electron chi connectivity index (χ4n) is 1.69. The molecule has 2 rings (SSSR count). The Bertz CT molecular complexity index is 510. The van der Waals surface area contributed by atoms with E-state index in [1.165, 1.54) is 0 Å². The van der Waals surface area contributed by atoms with E-state index < -0.39 is 17.5 Å². The van der Waals surface area contributed by atoms with E-state index in [0.717, 1.165) is 0 Å². The number of carbonyl (C=O) groups excluding carboxylic acids is 2. The number of aromatic nitrogens is 2. The zero-order valence-corrected chi connectivity index (χ0v) is 11.4. The Morgan fingerprint density at radius 1 is 1.42 bits per heavy atom. The van der Waals surface area contributed by atoms with Crippen LogP contribution in [0.25, 0.3) is 0 Å². The molecule has 7 heteroatoms. The van der Waals surface area contributed by atoms with Gasteiger partial charge in [-0.2, -0.15) is 5.10 Å². The summed E-state index contributed by atoms with van der Waals surface area (Å²) in [6, 6.07) is -0.440. The minimum atomic E-state index is -0.857. The van der Waals surface area contributed by atoms with Crippen LogP contribution < -0.4 is 16.4 Å². The molecule has 4 N–H and O–H groups in total. The Hall–Kier alpha value is -2.05. The van der Waals surface area contributed by atoms with Crippen LogP contribution in [0.3, 0.4) is 0 Å². The summed E-state index contributed by atoms with van der Waals surface area (Å²) in [5.41, 5.74) is 4.81. The van der Waals surface area contributed by atoms with Crippen molar-refractivity contribution in [2.75, 3.05) is 5.32 Å². The number of urea groups is 1. The van der Waals surface area contributed by atoms with Gasteiger partial charge in [-0.15, -0.1) is 0 Å². The second-order valence-corrected chi connectivity index (χ2v) is 5.87. The molecular weight excluding hydrogens is 246 g/mol.